The first-order valence-electron chi connectivity index (χ1n) is 11.4. The fraction of sp³-hybridized carbons (Fsp3) is 0.259. The summed E-state index contributed by atoms with van der Waals surface area (Å²) in [5.41, 5.74) is 1.40. The van der Waals surface area contributed by atoms with E-state index in [4.69, 9.17) is 0 Å². The van der Waals surface area contributed by atoms with Crippen LogP contribution in [0.1, 0.15) is 23.6 Å². The molecule has 1 aliphatic rings. The zero-order valence-corrected chi connectivity index (χ0v) is 20.7. The molecule has 2 amide bonds. The van der Waals surface area contributed by atoms with Crippen LogP contribution in [0, 0.1) is 6.92 Å². The molecule has 1 saturated heterocycles. The Balaban J connectivity index is 1.67. The van der Waals surface area contributed by atoms with Crippen LogP contribution in [0.2, 0.25) is 0 Å². The normalized spacial score (nSPS) is 18.9. The molecule has 0 radical (unpaired) electrons. The number of nitrogens with zero attached hydrogens (tertiary/aromatic N) is 2. The molecule has 0 aromatic heterocycles. The average molecular weight is 492 g/mol. The number of nitrogens with one attached hydrogen (secondary N) is 1. The van der Waals surface area contributed by atoms with Crippen molar-refractivity contribution < 1.29 is 18.0 Å². The van der Waals surface area contributed by atoms with E-state index in [-0.39, 0.29) is 31.1 Å². The van der Waals surface area contributed by atoms with Gasteiger partial charge >= 0.3 is 0 Å². The van der Waals surface area contributed by atoms with Gasteiger partial charge in [-0.3, -0.25) is 9.59 Å². The highest BCUT2D eigenvalue weighted by molar-refractivity contribution is 7.89. The van der Waals surface area contributed by atoms with Crippen molar-refractivity contribution >= 4 is 21.8 Å². The van der Waals surface area contributed by atoms with Crippen LogP contribution < -0.4 is 5.32 Å². The molecule has 1 aliphatic heterocycles. The molecule has 7 nitrogen and oxygen atoms in total. The van der Waals surface area contributed by atoms with Crippen molar-refractivity contribution in [2.24, 2.45) is 0 Å². The lowest BCUT2D eigenvalue weighted by Gasteiger charge is -2.47. The molecule has 1 fully saturated rings. The van der Waals surface area contributed by atoms with Gasteiger partial charge in [0.05, 0.1) is 11.4 Å². The van der Waals surface area contributed by atoms with E-state index >= 15 is 0 Å². The van der Waals surface area contributed by atoms with Crippen LogP contribution >= 0.6 is 0 Å². The molecule has 0 spiro atoms. The largest absolute Gasteiger partial charge is 0.350 e. The fourth-order valence-electron chi connectivity index (χ4n) is 4.29. The lowest BCUT2D eigenvalue weighted by molar-refractivity contribution is -0.153. The van der Waals surface area contributed by atoms with E-state index in [1.54, 1.807) is 25.1 Å². The maximum Gasteiger partial charge on any atom is 0.247 e. The predicted molar refractivity (Wildman–Crippen MR) is 134 cm³/mol. The molecular weight excluding hydrogens is 462 g/mol. The van der Waals surface area contributed by atoms with Crippen LogP contribution in [0.3, 0.4) is 0 Å². The highest BCUT2D eigenvalue weighted by Crippen LogP contribution is 2.30. The molecule has 182 valence electrons. The summed E-state index contributed by atoms with van der Waals surface area (Å²) < 4.78 is 27.8. The fourth-order valence-corrected chi connectivity index (χ4v) is 5.79. The van der Waals surface area contributed by atoms with E-state index in [9.17, 15) is 18.0 Å². The molecule has 8 heteroatoms. The van der Waals surface area contributed by atoms with Crippen LogP contribution in [0.15, 0.2) is 89.8 Å². The number of carbonyl (C=O) groups excluding carboxylic acids is 2. The zero-order chi connectivity index (χ0) is 25.1. The molecule has 3 aromatic rings. The standard InChI is InChI=1S/C27H29N3O4S/c1-21-11-9-10-14-23(21)18-30-25(31)19-29(35(33,34)24-15-7-4-8-16-24)20-27(30,2)26(32)28-17-22-12-5-3-6-13-22/h3-16H,17-20H2,1-2H3,(H,28,32)/t27-/m0/s1. The summed E-state index contributed by atoms with van der Waals surface area (Å²) in [6.07, 6.45) is 0. The minimum Gasteiger partial charge on any atom is -0.350 e. The summed E-state index contributed by atoms with van der Waals surface area (Å²) in [6, 6.07) is 25.1. The van der Waals surface area contributed by atoms with Gasteiger partial charge in [0, 0.05) is 19.6 Å². The zero-order valence-electron chi connectivity index (χ0n) is 19.8. The predicted octanol–water partition coefficient (Wildman–Crippen LogP) is 3.10. The minimum atomic E-state index is -3.97. The van der Waals surface area contributed by atoms with Crippen molar-refractivity contribution in [1.29, 1.82) is 0 Å². The molecule has 4 rings (SSSR count). The number of hydrogen-bond donors (Lipinski definition) is 1. The van der Waals surface area contributed by atoms with Gasteiger partial charge in [-0.05, 0) is 42.7 Å². The lowest BCUT2D eigenvalue weighted by atomic mass is 9.94. The minimum absolute atomic E-state index is 0.0900. The molecule has 0 bridgehead atoms. The van der Waals surface area contributed by atoms with Crippen molar-refractivity contribution in [1.82, 2.24) is 14.5 Å². The second-order valence-electron chi connectivity index (χ2n) is 8.93. The van der Waals surface area contributed by atoms with E-state index in [0.717, 1.165) is 21.0 Å². The number of amides is 2. The van der Waals surface area contributed by atoms with Crippen LogP contribution in [0.4, 0.5) is 0 Å². The third-order valence-corrected chi connectivity index (χ3v) is 8.25. The maximum absolute atomic E-state index is 13.6. The van der Waals surface area contributed by atoms with Crippen molar-refractivity contribution in [2.75, 3.05) is 13.1 Å². The van der Waals surface area contributed by atoms with Gasteiger partial charge in [-0.25, -0.2) is 8.42 Å². The number of benzene rings is 3. The number of aryl methyl sites for hydroxylation is 1. The van der Waals surface area contributed by atoms with E-state index in [2.05, 4.69) is 5.32 Å². The first kappa shape index (κ1) is 24.6. The second kappa shape index (κ2) is 10.0. The highest BCUT2D eigenvalue weighted by Gasteiger charge is 2.50. The second-order valence-corrected chi connectivity index (χ2v) is 10.9. The lowest BCUT2D eigenvalue weighted by Crippen LogP contribution is -2.69. The molecule has 0 saturated carbocycles. The summed E-state index contributed by atoms with van der Waals surface area (Å²) in [5, 5.41) is 2.92. The summed E-state index contributed by atoms with van der Waals surface area (Å²) in [5.74, 6) is -0.826. The van der Waals surface area contributed by atoms with Crippen LogP contribution in [-0.4, -0.2) is 48.1 Å². The monoisotopic (exact) mass is 491 g/mol. The van der Waals surface area contributed by atoms with E-state index in [1.165, 1.54) is 17.0 Å². The summed E-state index contributed by atoms with van der Waals surface area (Å²) in [4.78, 5) is 28.6. The molecule has 1 heterocycles. The average Bonchev–Trinajstić information content (AvgIpc) is 2.86. The molecule has 1 N–H and O–H groups in total. The Kier molecular flexibility index (Phi) is 7.05. The van der Waals surface area contributed by atoms with Gasteiger partial charge in [0.25, 0.3) is 0 Å². The summed E-state index contributed by atoms with van der Waals surface area (Å²) in [6.45, 7) is 3.58. The van der Waals surface area contributed by atoms with Gasteiger partial charge in [0.15, 0.2) is 0 Å². The van der Waals surface area contributed by atoms with Crippen LogP contribution in [0.25, 0.3) is 0 Å². The number of sulfonamides is 1. The van der Waals surface area contributed by atoms with Crippen molar-refractivity contribution in [3.63, 3.8) is 0 Å². The third-order valence-electron chi connectivity index (χ3n) is 6.45. The number of rotatable bonds is 7. The molecular formula is C27H29N3O4S. The van der Waals surface area contributed by atoms with Gasteiger partial charge in [-0.1, -0.05) is 72.8 Å². The van der Waals surface area contributed by atoms with Crippen molar-refractivity contribution in [3.05, 3.63) is 102 Å². The van der Waals surface area contributed by atoms with Gasteiger partial charge in [0.1, 0.15) is 5.54 Å². The van der Waals surface area contributed by atoms with Crippen molar-refractivity contribution in [3.8, 4) is 0 Å². The van der Waals surface area contributed by atoms with Crippen LogP contribution in [0.5, 0.6) is 0 Å². The maximum atomic E-state index is 13.6. The van der Waals surface area contributed by atoms with E-state index in [0.29, 0.717) is 0 Å². The Morgan fingerprint density at radius 3 is 2.20 bits per heavy atom. The van der Waals surface area contributed by atoms with E-state index < -0.39 is 27.4 Å². The van der Waals surface area contributed by atoms with Crippen LogP contribution in [-0.2, 0) is 32.7 Å². The first-order chi connectivity index (χ1) is 16.7. The molecule has 0 unspecified atom stereocenters. The summed E-state index contributed by atoms with van der Waals surface area (Å²) in [7, 11) is -3.97. The third kappa shape index (κ3) is 5.13. The Bertz CT molecular complexity index is 1310. The topological polar surface area (TPSA) is 86.8 Å². The Hall–Kier alpha value is -3.49. The van der Waals surface area contributed by atoms with Gasteiger partial charge < -0.3 is 10.2 Å². The Labute approximate surface area is 206 Å². The first-order valence-corrected chi connectivity index (χ1v) is 12.9. The number of carbonyl (C=O) groups is 2. The molecule has 1 atom stereocenters. The molecule has 3 aromatic carbocycles. The Morgan fingerprint density at radius 1 is 0.943 bits per heavy atom. The molecule has 35 heavy (non-hydrogen) atoms. The number of piperazine rings is 1. The van der Waals surface area contributed by atoms with E-state index in [1.807, 2.05) is 61.5 Å². The highest BCUT2D eigenvalue weighted by atomic mass is 32.2. The Morgan fingerprint density at radius 2 is 1.54 bits per heavy atom. The molecule has 0 aliphatic carbocycles. The van der Waals surface area contributed by atoms with Gasteiger partial charge in [-0.15, -0.1) is 0 Å². The smallest absolute Gasteiger partial charge is 0.247 e. The van der Waals surface area contributed by atoms with Gasteiger partial charge in [0.2, 0.25) is 21.8 Å². The van der Waals surface area contributed by atoms with Crippen molar-refractivity contribution in [2.45, 2.75) is 37.4 Å². The number of hydrogen-bond acceptors (Lipinski definition) is 4. The summed E-state index contributed by atoms with van der Waals surface area (Å²) >= 11 is 0. The SMILES string of the molecule is Cc1ccccc1CN1C(=O)CN(S(=O)(=O)c2ccccc2)C[C@@]1(C)C(=O)NCc1ccccc1. The van der Waals surface area contributed by atoms with Gasteiger partial charge in [-0.2, -0.15) is 4.31 Å². The quantitative estimate of drug-likeness (QED) is 0.550.